The van der Waals surface area contributed by atoms with E-state index in [0.29, 0.717) is 18.5 Å². The van der Waals surface area contributed by atoms with E-state index in [1.54, 1.807) is 39.8 Å². The fourth-order valence-corrected chi connectivity index (χ4v) is 3.44. The second kappa shape index (κ2) is 13.6. The van der Waals surface area contributed by atoms with E-state index < -0.39 is 54.0 Å². The molecule has 10 heteroatoms. The zero-order valence-corrected chi connectivity index (χ0v) is 21.6. The number of hydrogen-bond donors (Lipinski definition) is 4. The standard InChI is InChI=1S/C25H40N4O6/c1-7-9-13-27-22(32)21(17-11-10-12-18(30)14-17)29(16(3)8-2)23(33)19(15-20(26)31)28-24(34)35-25(4,5)6/h10-12,14,16,19,21,30H,7-9,13,15H2,1-6H3,(H2,26,31)(H,27,32)(H,28,34). The fourth-order valence-electron chi connectivity index (χ4n) is 3.44. The zero-order valence-electron chi connectivity index (χ0n) is 21.6. The van der Waals surface area contributed by atoms with Crippen LogP contribution in [0.4, 0.5) is 4.79 Å². The number of carbonyl (C=O) groups excluding carboxylic acids is 4. The third-order valence-electron chi connectivity index (χ3n) is 5.26. The molecule has 0 aliphatic carbocycles. The lowest BCUT2D eigenvalue weighted by atomic mass is 9.99. The van der Waals surface area contributed by atoms with Crippen molar-refractivity contribution < 1.29 is 29.0 Å². The molecule has 4 amide bonds. The van der Waals surface area contributed by atoms with E-state index in [2.05, 4.69) is 10.6 Å². The highest BCUT2D eigenvalue weighted by molar-refractivity contribution is 5.94. The largest absolute Gasteiger partial charge is 0.508 e. The number of benzene rings is 1. The molecular weight excluding hydrogens is 452 g/mol. The van der Waals surface area contributed by atoms with Crippen LogP contribution in [0.5, 0.6) is 5.75 Å². The number of amides is 4. The van der Waals surface area contributed by atoms with Crippen LogP contribution in [0.1, 0.15) is 78.8 Å². The van der Waals surface area contributed by atoms with E-state index in [-0.39, 0.29) is 5.75 Å². The van der Waals surface area contributed by atoms with Crippen LogP contribution < -0.4 is 16.4 Å². The molecule has 0 aliphatic heterocycles. The number of alkyl carbamates (subject to hydrolysis) is 1. The van der Waals surface area contributed by atoms with Gasteiger partial charge in [0.25, 0.3) is 0 Å². The molecule has 10 nitrogen and oxygen atoms in total. The van der Waals surface area contributed by atoms with Crippen molar-refractivity contribution in [3.63, 3.8) is 0 Å². The Labute approximate surface area is 207 Å². The summed E-state index contributed by atoms with van der Waals surface area (Å²) >= 11 is 0. The second-order valence-electron chi connectivity index (χ2n) is 9.51. The molecular formula is C25H40N4O6. The maximum absolute atomic E-state index is 13.8. The number of primary amides is 1. The van der Waals surface area contributed by atoms with Gasteiger partial charge in [0.1, 0.15) is 23.4 Å². The van der Waals surface area contributed by atoms with Gasteiger partial charge in [0, 0.05) is 12.6 Å². The minimum absolute atomic E-state index is 0.0639. The Hall–Kier alpha value is -3.30. The van der Waals surface area contributed by atoms with Crippen LogP contribution >= 0.6 is 0 Å². The fraction of sp³-hybridized carbons (Fsp3) is 0.600. The minimum atomic E-state index is -1.35. The Kier molecular flexibility index (Phi) is 11.5. The van der Waals surface area contributed by atoms with Crippen LogP contribution in [0.2, 0.25) is 0 Å². The van der Waals surface area contributed by atoms with Crippen LogP contribution in [0.25, 0.3) is 0 Å². The summed E-state index contributed by atoms with van der Waals surface area (Å²) in [6, 6.07) is 3.18. The van der Waals surface area contributed by atoms with Crippen molar-refractivity contribution in [2.75, 3.05) is 6.54 Å². The number of rotatable bonds is 12. The van der Waals surface area contributed by atoms with Gasteiger partial charge in [-0.05, 0) is 58.2 Å². The predicted octanol–water partition coefficient (Wildman–Crippen LogP) is 2.75. The SMILES string of the molecule is CCCCNC(=O)C(c1cccc(O)c1)N(C(=O)C(CC(N)=O)NC(=O)OC(C)(C)C)C(C)CC. The monoisotopic (exact) mass is 492 g/mol. The molecule has 3 atom stereocenters. The Morgan fingerprint density at radius 1 is 1.17 bits per heavy atom. The van der Waals surface area contributed by atoms with Gasteiger partial charge in [0.2, 0.25) is 17.7 Å². The molecule has 0 aliphatic rings. The number of phenolic OH excluding ortho intramolecular Hbond substituents is 1. The van der Waals surface area contributed by atoms with Gasteiger partial charge in [-0.15, -0.1) is 0 Å². The highest BCUT2D eigenvalue weighted by Crippen LogP contribution is 2.28. The van der Waals surface area contributed by atoms with Gasteiger partial charge in [0.05, 0.1) is 6.42 Å². The molecule has 0 fully saturated rings. The number of phenols is 1. The maximum Gasteiger partial charge on any atom is 0.408 e. The lowest BCUT2D eigenvalue weighted by Gasteiger charge is -2.38. The summed E-state index contributed by atoms with van der Waals surface area (Å²) in [4.78, 5) is 52.7. The first kappa shape index (κ1) is 29.7. The summed E-state index contributed by atoms with van der Waals surface area (Å²) in [5.41, 5.74) is 4.94. The van der Waals surface area contributed by atoms with Gasteiger partial charge in [-0.25, -0.2) is 4.79 Å². The molecule has 0 heterocycles. The molecule has 0 bridgehead atoms. The average molecular weight is 493 g/mol. The third-order valence-corrected chi connectivity index (χ3v) is 5.26. The Morgan fingerprint density at radius 3 is 2.34 bits per heavy atom. The average Bonchev–Trinajstić information content (AvgIpc) is 2.74. The maximum atomic E-state index is 13.8. The minimum Gasteiger partial charge on any atom is -0.508 e. The normalized spacial score (nSPS) is 13.8. The molecule has 5 N–H and O–H groups in total. The molecule has 0 radical (unpaired) electrons. The number of aromatic hydroxyl groups is 1. The molecule has 35 heavy (non-hydrogen) atoms. The topological polar surface area (TPSA) is 151 Å². The van der Waals surface area contributed by atoms with Crippen molar-refractivity contribution >= 4 is 23.8 Å². The summed E-state index contributed by atoms with van der Waals surface area (Å²) in [5.74, 6) is -1.97. The van der Waals surface area contributed by atoms with Gasteiger partial charge < -0.3 is 31.1 Å². The van der Waals surface area contributed by atoms with E-state index in [0.717, 1.165) is 12.8 Å². The van der Waals surface area contributed by atoms with Crippen LogP contribution in [-0.4, -0.2) is 58.1 Å². The predicted molar refractivity (Wildman–Crippen MR) is 132 cm³/mol. The van der Waals surface area contributed by atoms with Crippen molar-refractivity contribution in [1.29, 1.82) is 0 Å². The number of ether oxygens (including phenoxy) is 1. The molecule has 1 rings (SSSR count). The smallest absolute Gasteiger partial charge is 0.408 e. The van der Waals surface area contributed by atoms with E-state index in [4.69, 9.17) is 10.5 Å². The van der Waals surface area contributed by atoms with Crippen molar-refractivity contribution in [3.05, 3.63) is 29.8 Å². The molecule has 3 unspecified atom stereocenters. The summed E-state index contributed by atoms with van der Waals surface area (Å²) in [5, 5.41) is 15.3. The molecule has 0 saturated heterocycles. The molecule has 1 aromatic carbocycles. The van der Waals surface area contributed by atoms with Gasteiger partial charge in [0.15, 0.2) is 0 Å². The summed E-state index contributed by atoms with van der Waals surface area (Å²) < 4.78 is 5.26. The van der Waals surface area contributed by atoms with Crippen LogP contribution in [-0.2, 0) is 19.1 Å². The third kappa shape index (κ3) is 9.84. The van der Waals surface area contributed by atoms with E-state index in [1.807, 2.05) is 13.8 Å². The first-order chi connectivity index (χ1) is 16.3. The van der Waals surface area contributed by atoms with Gasteiger partial charge in [-0.1, -0.05) is 32.4 Å². The van der Waals surface area contributed by atoms with E-state index >= 15 is 0 Å². The van der Waals surface area contributed by atoms with E-state index in [9.17, 15) is 24.3 Å². The molecule has 0 spiro atoms. The second-order valence-corrected chi connectivity index (χ2v) is 9.51. The van der Waals surface area contributed by atoms with Crippen molar-refractivity contribution in [2.24, 2.45) is 5.73 Å². The summed E-state index contributed by atoms with van der Waals surface area (Å²) in [6.45, 7) is 11.0. The van der Waals surface area contributed by atoms with Crippen molar-refractivity contribution in [2.45, 2.75) is 91.0 Å². The summed E-state index contributed by atoms with van der Waals surface area (Å²) in [7, 11) is 0. The number of unbranched alkanes of at least 4 members (excludes halogenated alkanes) is 1. The van der Waals surface area contributed by atoms with E-state index in [1.165, 1.54) is 17.0 Å². The van der Waals surface area contributed by atoms with Gasteiger partial charge >= 0.3 is 6.09 Å². The molecule has 196 valence electrons. The quantitative estimate of drug-likeness (QED) is 0.329. The van der Waals surface area contributed by atoms with Gasteiger partial charge in [-0.2, -0.15) is 0 Å². The van der Waals surface area contributed by atoms with Crippen LogP contribution in [0.15, 0.2) is 24.3 Å². The molecule has 0 aromatic heterocycles. The number of nitrogens with one attached hydrogen (secondary N) is 2. The first-order valence-electron chi connectivity index (χ1n) is 12.0. The highest BCUT2D eigenvalue weighted by Gasteiger charge is 2.39. The molecule has 0 saturated carbocycles. The van der Waals surface area contributed by atoms with Crippen LogP contribution in [0, 0.1) is 0 Å². The zero-order chi connectivity index (χ0) is 26.8. The highest BCUT2D eigenvalue weighted by atomic mass is 16.6. The lowest BCUT2D eigenvalue weighted by molar-refractivity contribution is -0.145. The van der Waals surface area contributed by atoms with Crippen molar-refractivity contribution in [3.8, 4) is 5.75 Å². The number of nitrogens with zero attached hydrogens (tertiary/aromatic N) is 1. The Balaban J connectivity index is 3.48. The van der Waals surface area contributed by atoms with Gasteiger partial charge in [-0.3, -0.25) is 14.4 Å². The summed E-state index contributed by atoms with van der Waals surface area (Å²) in [6.07, 6.45) is 0.739. The first-order valence-corrected chi connectivity index (χ1v) is 12.0. The Bertz CT molecular complexity index is 883. The number of carbonyl (C=O) groups is 4. The number of hydrogen-bond acceptors (Lipinski definition) is 6. The lowest BCUT2D eigenvalue weighted by Crippen LogP contribution is -2.56. The number of nitrogens with two attached hydrogens (primary N) is 1. The van der Waals surface area contributed by atoms with Crippen molar-refractivity contribution in [1.82, 2.24) is 15.5 Å². The van der Waals surface area contributed by atoms with Crippen LogP contribution in [0.3, 0.4) is 0 Å². The Morgan fingerprint density at radius 2 is 1.83 bits per heavy atom. The molecule has 1 aromatic rings.